The Bertz CT molecular complexity index is 6110. The molecule has 0 bridgehead atoms. The minimum Gasteiger partial charge on any atom is -0.458 e. The highest BCUT2D eigenvalue weighted by atomic mass is 32.1. The lowest BCUT2D eigenvalue weighted by Gasteiger charge is -2.47. The molecule has 0 fully saturated rings. The number of nitrogens with zero attached hydrogens (tertiary/aromatic N) is 5. The van der Waals surface area contributed by atoms with Crippen molar-refractivity contribution in [3.8, 4) is 22.6 Å². The van der Waals surface area contributed by atoms with Gasteiger partial charge in [0.25, 0.3) is 13.4 Å². The molecule has 21 rings (SSSR count). The molecule has 4 aliphatic rings. The van der Waals surface area contributed by atoms with E-state index in [1.54, 1.807) is 0 Å². The van der Waals surface area contributed by atoms with E-state index >= 15 is 0 Å². The standard InChI is InChI=1S/C90H57B2N5OS2/c1-6-28-58(29-7-1)65-38-16-21-44-73(65)94(61-34-12-4-13-35-61)64-54-81-89-83(55-64)98-82-48-23-20-43-70(82)92(89)72-56-71-77(57-78(72)97(81)75-46-27-51-86-87(75)68-40-18-25-50-85(68)99-86)95(62-36-14-5-15-37-62)79-52-63(93(59-30-8-2-9-31-59)60-32-10-3-11-33-60)53-80-88(79)91(71)69-42-19-22-45-74(69)96(80)76-47-26-41-67-66-39-17-24-49-84(66)100-90(67)76/h1-57H. The Labute approximate surface area is 588 Å². The van der Waals surface area contributed by atoms with Gasteiger partial charge in [-0.1, -0.05) is 218 Å². The highest BCUT2D eigenvalue weighted by Gasteiger charge is 2.49. The van der Waals surface area contributed by atoms with E-state index in [4.69, 9.17) is 4.74 Å². The maximum absolute atomic E-state index is 7.52. The highest BCUT2D eigenvalue weighted by Crippen LogP contribution is 2.55. The molecule has 6 nitrogen and oxygen atoms in total. The Hall–Kier alpha value is -12.3. The summed E-state index contributed by atoms with van der Waals surface area (Å²) in [6.07, 6.45) is 0. The van der Waals surface area contributed by atoms with Crippen LogP contribution in [0.15, 0.2) is 346 Å². The molecule has 0 atom stereocenters. The second kappa shape index (κ2) is 22.6. The molecule has 0 spiro atoms. The molecule has 0 saturated carbocycles. The van der Waals surface area contributed by atoms with Crippen LogP contribution in [0.25, 0.3) is 51.5 Å². The number of hydrogen-bond acceptors (Lipinski definition) is 8. The smallest absolute Gasteiger partial charge is 0.256 e. The lowest BCUT2D eigenvalue weighted by Crippen LogP contribution is -2.64. The summed E-state index contributed by atoms with van der Waals surface area (Å²) in [5.41, 5.74) is 25.7. The number of hydrogen-bond donors (Lipinski definition) is 0. The van der Waals surface area contributed by atoms with Crippen molar-refractivity contribution >= 4 is 195 Å². The zero-order valence-electron chi connectivity index (χ0n) is 54.0. The lowest BCUT2D eigenvalue weighted by atomic mass is 9.30. The molecule has 0 amide bonds. The van der Waals surface area contributed by atoms with E-state index in [9.17, 15) is 0 Å². The first-order chi connectivity index (χ1) is 49.6. The number of rotatable bonds is 10. The van der Waals surface area contributed by atoms with Gasteiger partial charge in [-0.25, -0.2) is 0 Å². The first-order valence-corrected chi connectivity index (χ1v) is 35.8. The Morgan fingerprint density at radius 2 is 0.780 bits per heavy atom. The molecule has 2 aromatic heterocycles. The quantitative estimate of drug-likeness (QED) is 0.127. The van der Waals surface area contributed by atoms with Crippen LogP contribution in [0.1, 0.15) is 0 Å². The van der Waals surface area contributed by atoms with Crippen LogP contribution in [0.2, 0.25) is 0 Å². The number of ether oxygens (including phenoxy) is 1. The fourth-order valence-corrected chi connectivity index (χ4v) is 19.1. The number of benzene rings is 15. The molecule has 0 N–H and O–H groups in total. The number of fused-ring (bicyclic) bond motifs is 14. The number of para-hydroxylation sites is 7. The minimum atomic E-state index is -0.236. The Kier molecular flexibility index (Phi) is 12.9. The predicted octanol–water partition coefficient (Wildman–Crippen LogP) is 21.5. The number of anilines is 15. The van der Waals surface area contributed by atoms with Gasteiger partial charge in [-0.05, 0) is 160 Å². The van der Waals surface area contributed by atoms with Crippen molar-refractivity contribution in [1.29, 1.82) is 0 Å². The van der Waals surface area contributed by atoms with Gasteiger partial charge >= 0.3 is 0 Å². The largest absolute Gasteiger partial charge is 0.458 e. The summed E-state index contributed by atoms with van der Waals surface area (Å²) in [5.74, 6) is 1.68. The van der Waals surface area contributed by atoms with E-state index in [2.05, 4.69) is 370 Å². The van der Waals surface area contributed by atoms with Crippen LogP contribution in [0.4, 0.5) is 85.3 Å². The van der Waals surface area contributed by atoms with Gasteiger partial charge in [0, 0.05) is 104 Å². The van der Waals surface area contributed by atoms with Crippen LogP contribution in [-0.4, -0.2) is 13.4 Å². The Morgan fingerprint density at radius 3 is 1.52 bits per heavy atom. The second-order valence-corrected chi connectivity index (χ2v) is 28.3. The summed E-state index contributed by atoms with van der Waals surface area (Å²) in [6, 6.07) is 128. The zero-order chi connectivity index (χ0) is 65.5. The van der Waals surface area contributed by atoms with Crippen molar-refractivity contribution in [3.05, 3.63) is 346 Å². The predicted molar refractivity (Wildman–Crippen MR) is 427 cm³/mol. The maximum atomic E-state index is 7.52. The van der Waals surface area contributed by atoms with Crippen molar-refractivity contribution in [2.45, 2.75) is 0 Å². The molecule has 100 heavy (non-hydrogen) atoms. The van der Waals surface area contributed by atoms with E-state index in [-0.39, 0.29) is 13.4 Å². The molecule has 0 radical (unpaired) electrons. The molecule has 4 aliphatic heterocycles. The molecule has 0 aliphatic carbocycles. The van der Waals surface area contributed by atoms with Gasteiger partial charge in [0.05, 0.1) is 33.1 Å². The third-order valence-corrected chi connectivity index (χ3v) is 23.1. The van der Waals surface area contributed by atoms with Crippen LogP contribution in [0.5, 0.6) is 11.5 Å². The zero-order valence-corrected chi connectivity index (χ0v) is 55.7. The lowest BCUT2D eigenvalue weighted by molar-refractivity contribution is 0.487. The Balaban J connectivity index is 0.888. The summed E-state index contributed by atoms with van der Waals surface area (Å²) in [4.78, 5) is 12.7. The SMILES string of the molecule is c1ccc(-c2ccccc2N(c2ccccc2)c2cc3c4c(c2)N(c2cccc5sc6ccccc6c25)c2cc5c(cc2B4c2ccccc2O3)B2c3ccccc3N(c3cccc4c3sc3ccccc34)c3cc(N(c4ccccc4)c4ccccc4)cc(c32)N5c2ccccc2)cc1. The summed E-state index contributed by atoms with van der Waals surface area (Å²) in [5, 5.41) is 4.97. The molecule has 0 unspecified atom stereocenters. The molecule has 466 valence electrons. The van der Waals surface area contributed by atoms with Crippen LogP contribution in [-0.2, 0) is 0 Å². The van der Waals surface area contributed by atoms with E-state index in [0.717, 1.165) is 119 Å². The fraction of sp³-hybridized carbons (Fsp3) is 0. The monoisotopic (exact) mass is 1310 g/mol. The van der Waals surface area contributed by atoms with E-state index in [1.807, 2.05) is 22.7 Å². The van der Waals surface area contributed by atoms with Crippen molar-refractivity contribution in [1.82, 2.24) is 0 Å². The summed E-state index contributed by atoms with van der Waals surface area (Å²) in [6.45, 7) is -0.448. The molecule has 15 aromatic carbocycles. The van der Waals surface area contributed by atoms with Crippen molar-refractivity contribution in [3.63, 3.8) is 0 Å². The van der Waals surface area contributed by atoms with Crippen LogP contribution in [0.3, 0.4) is 0 Å². The summed E-state index contributed by atoms with van der Waals surface area (Å²) < 4.78 is 12.5. The third kappa shape index (κ3) is 8.64. The van der Waals surface area contributed by atoms with E-state index < -0.39 is 0 Å². The van der Waals surface area contributed by atoms with Crippen LogP contribution in [0, 0.1) is 0 Å². The topological polar surface area (TPSA) is 25.4 Å². The third-order valence-electron chi connectivity index (χ3n) is 20.8. The fourth-order valence-electron chi connectivity index (χ4n) is 16.7. The van der Waals surface area contributed by atoms with Crippen molar-refractivity contribution in [2.24, 2.45) is 0 Å². The van der Waals surface area contributed by atoms with Gasteiger partial charge in [0.2, 0.25) is 0 Å². The average Bonchev–Trinajstić information content (AvgIpc) is 0.689. The van der Waals surface area contributed by atoms with Gasteiger partial charge in [-0.15, -0.1) is 22.7 Å². The number of thiophene rings is 2. The van der Waals surface area contributed by atoms with E-state index in [1.165, 1.54) is 62.2 Å². The first-order valence-electron chi connectivity index (χ1n) is 34.2. The van der Waals surface area contributed by atoms with Gasteiger partial charge in [0.1, 0.15) is 11.5 Å². The maximum Gasteiger partial charge on any atom is 0.256 e. The molecule has 0 saturated heterocycles. The normalized spacial score (nSPS) is 13.0. The molecule has 10 heteroatoms. The Morgan fingerprint density at radius 1 is 0.280 bits per heavy atom. The summed E-state index contributed by atoms with van der Waals surface area (Å²) in [7, 11) is 0. The molecular weight excluding hydrogens is 1250 g/mol. The van der Waals surface area contributed by atoms with Gasteiger partial charge < -0.3 is 29.2 Å². The molecule has 17 aromatic rings. The van der Waals surface area contributed by atoms with Gasteiger partial charge in [0.15, 0.2) is 0 Å². The highest BCUT2D eigenvalue weighted by molar-refractivity contribution is 7.26. The molecular formula is C90H57B2N5OS2. The van der Waals surface area contributed by atoms with Gasteiger partial charge in [-0.3, -0.25) is 0 Å². The van der Waals surface area contributed by atoms with Crippen LogP contribution < -0.4 is 62.0 Å². The first kappa shape index (κ1) is 56.8. The van der Waals surface area contributed by atoms with E-state index in [0.29, 0.717) is 0 Å². The second-order valence-electron chi connectivity index (χ2n) is 26.2. The van der Waals surface area contributed by atoms with Gasteiger partial charge in [-0.2, -0.15) is 0 Å². The van der Waals surface area contributed by atoms with Crippen molar-refractivity contribution in [2.75, 3.05) is 24.5 Å². The summed E-state index contributed by atoms with van der Waals surface area (Å²) >= 11 is 3.74. The van der Waals surface area contributed by atoms with Crippen molar-refractivity contribution < 1.29 is 4.74 Å². The minimum absolute atomic E-state index is 0.213. The average molecular weight is 1310 g/mol. The van der Waals surface area contributed by atoms with Crippen LogP contribution >= 0.6 is 22.7 Å². The molecule has 6 heterocycles.